The molecule has 1 aromatic carbocycles. The Kier molecular flexibility index (Phi) is 7.11. The van der Waals surface area contributed by atoms with Gasteiger partial charge in [-0.25, -0.2) is 0 Å². The van der Waals surface area contributed by atoms with Crippen LogP contribution in [-0.4, -0.2) is 17.9 Å². The molecule has 2 aromatic heterocycles. The van der Waals surface area contributed by atoms with E-state index in [1.54, 1.807) is 16.2 Å². The highest BCUT2D eigenvalue weighted by atomic mass is 32.1. The molecular formula is C26H30N2O2S2. The molecule has 0 bridgehead atoms. The molecule has 4 nitrogen and oxygen atoms in total. The maximum absolute atomic E-state index is 13.8. The fraction of sp³-hybridized carbons (Fsp3) is 0.385. The quantitative estimate of drug-likeness (QED) is 0.457. The third-order valence-corrected chi connectivity index (χ3v) is 7.87. The van der Waals surface area contributed by atoms with Crippen molar-refractivity contribution in [1.82, 2.24) is 5.32 Å². The predicted octanol–water partition coefficient (Wildman–Crippen LogP) is 6.11. The van der Waals surface area contributed by atoms with Gasteiger partial charge < -0.3 is 5.32 Å². The summed E-state index contributed by atoms with van der Waals surface area (Å²) in [6.45, 7) is 6.12. The molecule has 1 unspecified atom stereocenters. The number of hydrogen-bond donors (Lipinski definition) is 1. The van der Waals surface area contributed by atoms with Crippen LogP contribution in [0, 0.1) is 20.8 Å². The SMILES string of the molecule is Cc1cc(C)c(N(C(=O)Cc2cccs2)C(C(=O)NC2CCCC2)c2cccs2)c(C)c1. The summed E-state index contributed by atoms with van der Waals surface area (Å²) in [5, 5.41) is 7.22. The normalized spacial score (nSPS) is 15.0. The Bertz CT molecular complexity index is 1040. The molecule has 1 fully saturated rings. The molecule has 2 amide bonds. The lowest BCUT2D eigenvalue weighted by molar-refractivity contribution is -0.126. The molecule has 2 heterocycles. The fourth-order valence-corrected chi connectivity index (χ4v) is 6.28. The van der Waals surface area contributed by atoms with Crippen LogP contribution in [0.1, 0.15) is 58.2 Å². The van der Waals surface area contributed by atoms with E-state index in [-0.39, 0.29) is 24.3 Å². The molecule has 3 aromatic rings. The van der Waals surface area contributed by atoms with Crippen LogP contribution in [0.4, 0.5) is 5.69 Å². The first-order valence-corrected chi connectivity index (χ1v) is 13.0. The van der Waals surface area contributed by atoms with Crippen LogP contribution in [-0.2, 0) is 16.0 Å². The summed E-state index contributed by atoms with van der Waals surface area (Å²) in [5.74, 6) is -0.138. The van der Waals surface area contributed by atoms with E-state index in [0.29, 0.717) is 0 Å². The van der Waals surface area contributed by atoms with Crippen molar-refractivity contribution in [2.24, 2.45) is 0 Å². The van der Waals surface area contributed by atoms with Crippen molar-refractivity contribution in [3.63, 3.8) is 0 Å². The zero-order valence-corrected chi connectivity index (χ0v) is 20.5. The van der Waals surface area contributed by atoms with Crippen LogP contribution in [0.5, 0.6) is 0 Å². The molecule has 32 heavy (non-hydrogen) atoms. The number of nitrogens with zero attached hydrogens (tertiary/aromatic N) is 1. The predicted molar refractivity (Wildman–Crippen MR) is 134 cm³/mol. The van der Waals surface area contributed by atoms with E-state index in [9.17, 15) is 9.59 Å². The number of benzene rings is 1. The third-order valence-electron chi connectivity index (χ3n) is 6.07. The van der Waals surface area contributed by atoms with Crippen molar-refractivity contribution in [2.75, 3.05) is 4.90 Å². The van der Waals surface area contributed by atoms with E-state index in [0.717, 1.165) is 57.8 Å². The molecular weight excluding hydrogens is 436 g/mol. The monoisotopic (exact) mass is 466 g/mol. The van der Waals surface area contributed by atoms with Gasteiger partial charge in [0.1, 0.15) is 6.04 Å². The molecule has 0 aliphatic heterocycles. The van der Waals surface area contributed by atoms with Crippen molar-refractivity contribution in [3.05, 3.63) is 73.6 Å². The average molecular weight is 467 g/mol. The van der Waals surface area contributed by atoms with Crippen molar-refractivity contribution < 1.29 is 9.59 Å². The van der Waals surface area contributed by atoms with E-state index in [4.69, 9.17) is 0 Å². The van der Waals surface area contributed by atoms with Gasteiger partial charge in [0.25, 0.3) is 0 Å². The summed E-state index contributed by atoms with van der Waals surface area (Å²) in [6, 6.07) is 11.6. The number of thiophene rings is 2. The van der Waals surface area contributed by atoms with Gasteiger partial charge in [0.05, 0.1) is 12.1 Å². The van der Waals surface area contributed by atoms with E-state index < -0.39 is 6.04 Å². The molecule has 4 rings (SSSR count). The zero-order chi connectivity index (χ0) is 22.7. The molecule has 168 valence electrons. The summed E-state index contributed by atoms with van der Waals surface area (Å²) in [4.78, 5) is 31.2. The standard InChI is InChI=1S/C26H30N2O2S2/c1-17-14-18(2)24(19(3)15-17)28(23(29)16-21-10-6-12-31-21)25(22-11-7-13-32-22)26(30)27-20-8-4-5-9-20/h6-7,10-15,20,25H,4-5,8-9,16H2,1-3H3,(H,27,30). The summed E-state index contributed by atoms with van der Waals surface area (Å²) >= 11 is 3.10. The van der Waals surface area contributed by atoms with Gasteiger partial charge >= 0.3 is 0 Å². The van der Waals surface area contributed by atoms with Crippen LogP contribution in [0.2, 0.25) is 0 Å². The molecule has 0 saturated heterocycles. The Morgan fingerprint density at radius 3 is 2.28 bits per heavy atom. The zero-order valence-electron chi connectivity index (χ0n) is 18.9. The van der Waals surface area contributed by atoms with Crippen LogP contribution < -0.4 is 10.2 Å². The maximum Gasteiger partial charge on any atom is 0.248 e. The van der Waals surface area contributed by atoms with Crippen LogP contribution in [0.3, 0.4) is 0 Å². The minimum Gasteiger partial charge on any atom is -0.351 e. The summed E-state index contributed by atoms with van der Waals surface area (Å²) in [5.41, 5.74) is 4.02. The molecule has 1 aliphatic rings. The van der Waals surface area contributed by atoms with Gasteiger partial charge in [-0.05, 0) is 67.6 Å². The van der Waals surface area contributed by atoms with E-state index in [1.807, 2.05) is 48.9 Å². The Labute approximate surface area is 198 Å². The highest BCUT2D eigenvalue weighted by molar-refractivity contribution is 7.10. The second-order valence-electron chi connectivity index (χ2n) is 8.68. The van der Waals surface area contributed by atoms with Crippen molar-refractivity contribution in [1.29, 1.82) is 0 Å². The third kappa shape index (κ3) is 4.97. The minimum atomic E-state index is -0.678. The van der Waals surface area contributed by atoms with Gasteiger partial charge in [-0.3, -0.25) is 14.5 Å². The smallest absolute Gasteiger partial charge is 0.248 e. The number of amides is 2. The lowest BCUT2D eigenvalue weighted by atomic mass is 10.0. The number of nitrogens with one attached hydrogen (secondary N) is 1. The lowest BCUT2D eigenvalue weighted by Crippen LogP contribution is -2.47. The number of carbonyl (C=O) groups is 2. The largest absolute Gasteiger partial charge is 0.351 e. The number of rotatable bonds is 7. The second kappa shape index (κ2) is 10.0. The summed E-state index contributed by atoms with van der Waals surface area (Å²) in [7, 11) is 0. The molecule has 0 radical (unpaired) electrons. The number of carbonyl (C=O) groups excluding carboxylic acids is 2. The number of hydrogen-bond acceptors (Lipinski definition) is 4. The first-order chi connectivity index (χ1) is 15.4. The van der Waals surface area contributed by atoms with Gasteiger partial charge in [0, 0.05) is 15.8 Å². The maximum atomic E-state index is 13.8. The lowest BCUT2D eigenvalue weighted by Gasteiger charge is -2.33. The Morgan fingerprint density at radius 1 is 1.03 bits per heavy atom. The molecule has 1 saturated carbocycles. The van der Waals surface area contributed by atoms with E-state index >= 15 is 0 Å². The Hall–Kier alpha value is -2.44. The van der Waals surface area contributed by atoms with Gasteiger partial charge in [-0.2, -0.15) is 0 Å². The van der Waals surface area contributed by atoms with Crippen LogP contribution >= 0.6 is 22.7 Å². The number of anilines is 1. The van der Waals surface area contributed by atoms with Crippen LogP contribution in [0.25, 0.3) is 0 Å². The minimum absolute atomic E-state index is 0.0533. The topological polar surface area (TPSA) is 49.4 Å². The van der Waals surface area contributed by atoms with E-state index in [2.05, 4.69) is 24.4 Å². The highest BCUT2D eigenvalue weighted by Crippen LogP contribution is 2.36. The molecule has 1 N–H and O–H groups in total. The molecule has 1 atom stereocenters. The van der Waals surface area contributed by atoms with Gasteiger partial charge in [0.15, 0.2) is 0 Å². The first-order valence-electron chi connectivity index (χ1n) is 11.2. The number of aryl methyl sites for hydroxylation is 3. The van der Waals surface area contributed by atoms with Gasteiger partial charge in [0.2, 0.25) is 11.8 Å². The van der Waals surface area contributed by atoms with Crippen molar-refractivity contribution in [3.8, 4) is 0 Å². The molecule has 1 aliphatic carbocycles. The first kappa shape index (κ1) is 22.7. The average Bonchev–Trinajstić information content (AvgIpc) is 3.50. The highest BCUT2D eigenvalue weighted by Gasteiger charge is 2.36. The second-order valence-corrected chi connectivity index (χ2v) is 10.7. The molecule has 6 heteroatoms. The van der Waals surface area contributed by atoms with Crippen molar-refractivity contribution >= 4 is 40.2 Å². The Morgan fingerprint density at radius 2 is 1.69 bits per heavy atom. The van der Waals surface area contributed by atoms with E-state index in [1.165, 1.54) is 11.3 Å². The molecule has 0 spiro atoms. The Balaban J connectivity index is 1.79. The van der Waals surface area contributed by atoms with Crippen molar-refractivity contribution in [2.45, 2.75) is 65.0 Å². The summed E-state index contributed by atoms with van der Waals surface area (Å²) < 4.78 is 0. The fourth-order valence-electron chi connectivity index (χ4n) is 4.77. The van der Waals surface area contributed by atoms with Gasteiger partial charge in [-0.1, -0.05) is 42.7 Å². The summed E-state index contributed by atoms with van der Waals surface area (Å²) in [6.07, 6.45) is 4.59. The van der Waals surface area contributed by atoms with Gasteiger partial charge in [-0.15, -0.1) is 22.7 Å². The van der Waals surface area contributed by atoms with Crippen LogP contribution in [0.15, 0.2) is 47.2 Å².